The van der Waals surface area contributed by atoms with Crippen LogP contribution in [0.2, 0.25) is 0 Å². The maximum Gasteiger partial charge on any atom is 0.265 e. The van der Waals surface area contributed by atoms with Gasteiger partial charge >= 0.3 is 0 Å². The molecular weight excluding hydrogens is 262 g/mol. The quantitative estimate of drug-likeness (QED) is 0.881. The lowest BCUT2D eigenvalue weighted by Crippen LogP contribution is -2.28. The van der Waals surface area contributed by atoms with Gasteiger partial charge < -0.3 is 15.2 Å². The summed E-state index contributed by atoms with van der Waals surface area (Å²) in [5.74, 6) is 0.318. The van der Waals surface area contributed by atoms with Crippen molar-refractivity contribution in [3.63, 3.8) is 0 Å². The van der Waals surface area contributed by atoms with Crippen LogP contribution < -0.4 is 10.1 Å². The van der Waals surface area contributed by atoms with Crippen LogP contribution in [0.4, 0.5) is 0 Å². The molecule has 4 nitrogen and oxygen atoms in total. The number of benzene rings is 1. The topological polar surface area (TPSA) is 58.6 Å². The van der Waals surface area contributed by atoms with Crippen molar-refractivity contribution >= 4 is 17.2 Å². The lowest BCUT2D eigenvalue weighted by molar-refractivity contribution is 0.0917. The van der Waals surface area contributed by atoms with Crippen LogP contribution in [0.3, 0.4) is 0 Å². The predicted octanol–water partition coefficient (Wildman–Crippen LogP) is 2.22. The van der Waals surface area contributed by atoms with Crippen LogP contribution in [0.15, 0.2) is 41.8 Å². The number of methoxy groups -OCH3 is 1. The molecule has 0 radical (unpaired) electrons. The third-order valence-corrected chi connectivity index (χ3v) is 3.59. The van der Waals surface area contributed by atoms with Gasteiger partial charge in [0.2, 0.25) is 0 Å². The molecule has 0 aliphatic carbocycles. The van der Waals surface area contributed by atoms with Crippen LogP contribution in [-0.4, -0.2) is 24.7 Å². The highest BCUT2D eigenvalue weighted by atomic mass is 32.1. The van der Waals surface area contributed by atoms with Gasteiger partial charge in [0.25, 0.3) is 5.91 Å². The molecule has 1 unspecified atom stereocenters. The molecule has 1 amide bonds. The highest BCUT2D eigenvalue weighted by Crippen LogP contribution is 2.24. The van der Waals surface area contributed by atoms with Gasteiger partial charge in [-0.1, -0.05) is 30.3 Å². The number of aliphatic hydroxyl groups excluding tert-OH is 1. The first-order valence-electron chi connectivity index (χ1n) is 5.85. The first-order chi connectivity index (χ1) is 9.22. The van der Waals surface area contributed by atoms with Gasteiger partial charge in [-0.05, 0) is 17.0 Å². The fourth-order valence-corrected chi connectivity index (χ4v) is 2.46. The van der Waals surface area contributed by atoms with Gasteiger partial charge in [0.1, 0.15) is 10.6 Å². The Morgan fingerprint density at radius 1 is 1.37 bits per heavy atom. The summed E-state index contributed by atoms with van der Waals surface area (Å²) in [5.41, 5.74) is 0.779. The number of amides is 1. The average Bonchev–Trinajstić information content (AvgIpc) is 2.93. The Kier molecular flexibility index (Phi) is 4.54. The zero-order valence-corrected chi connectivity index (χ0v) is 11.3. The van der Waals surface area contributed by atoms with E-state index in [-0.39, 0.29) is 12.5 Å². The van der Waals surface area contributed by atoms with Gasteiger partial charge in [0, 0.05) is 6.54 Å². The second kappa shape index (κ2) is 6.36. The minimum atomic E-state index is -0.712. The zero-order valence-electron chi connectivity index (χ0n) is 10.5. The van der Waals surface area contributed by atoms with Crippen molar-refractivity contribution in [1.29, 1.82) is 0 Å². The van der Waals surface area contributed by atoms with Gasteiger partial charge in [-0.2, -0.15) is 0 Å². The largest absolute Gasteiger partial charge is 0.495 e. The van der Waals surface area contributed by atoms with E-state index < -0.39 is 6.10 Å². The van der Waals surface area contributed by atoms with E-state index in [4.69, 9.17) is 4.74 Å². The van der Waals surface area contributed by atoms with E-state index in [2.05, 4.69) is 5.32 Å². The second-order valence-corrected chi connectivity index (χ2v) is 4.87. The molecule has 5 heteroatoms. The average molecular weight is 277 g/mol. The van der Waals surface area contributed by atoms with E-state index >= 15 is 0 Å². The number of thiophene rings is 1. The minimum absolute atomic E-state index is 0.171. The predicted molar refractivity (Wildman–Crippen MR) is 74.6 cm³/mol. The first-order valence-corrected chi connectivity index (χ1v) is 6.73. The molecule has 19 heavy (non-hydrogen) atoms. The summed E-state index contributed by atoms with van der Waals surface area (Å²) in [4.78, 5) is 12.4. The summed E-state index contributed by atoms with van der Waals surface area (Å²) in [6, 6.07) is 11.0. The number of aliphatic hydroxyl groups is 1. The van der Waals surface area contributed by atoms with E-state index in [1.807, 2.05) is 30.3 Å². The van der Waals surface area contributed by atoms with Crippen LogP contribution in [-0.2, 0) is 0 Å². The summed E-state index contributed by atoms with van der Waals surface area (Å²) < 4.78 is 5.08. The molecule has 0 saturated heterocycles. The Morgan fingerprint density at radius 3 is 2.79 bits per heavy atom. The summed E-state index contributed by atoms with van der Waals surface area (Å²) in [5, 5.41) is 14.4. The normalized spacial score (nSPS) is 11.9. The van der Waals surface area contributed by atoms with E-state index in [0.717, 1.165) is 5.56 Å². The molecule has 0 fully saturated rings. The fraction of sp³-hybridized carbons (Fsp3) is 0.214. The number of hydrogen-bond donors (Lipinski definition) is 2. The van der Waals surface area contributed by atoms with Crippen LogP contribution >= 0.6 is 11.3 Å². The van der Waals surface area contributed by atoms with Gasteiger partial charge in [-0.3, -0.25) is 4.79 Å². The Bertz CT molecular complexity index is 539. The van der Waals surface area contributed by atoms with Crippen molar-refractivity contribution in [3.8, 4) is 5.75 Å². The van der Waals surface area contributed by atoms with Crippen molar-refractivity contribution in [2.45, 2.75) is 6.10 Å². The molecule has 0 saturated carbocycles. The van der Waals surface area contributed by atoms with Gasteiger partial charge in [-0.25, -0.2) is 0 Å². The zero-order chi connectivity index (χ0) is 13.7. The van der Waals surface area contributed by atoms with Crippen LogP contribution in [0.25, 0.3) is 0 Å². The molecule has 2 rings (SSSR count). The third-order valence-electron chi connectivity index (χ3n) is 2.70. The standard InChI is InChI=1S/C14H15NO3S/c1-18-12-7-8-19-13(12)14(17)15-9-11(16)10-5-3-2-4-6-10/h2-8,11,16H,9H2,1H3,(H,15,17). The van der Waals surface area contributed by atoms with Gasteiger partial charge in [-0.15, -0.1) is 11.3 Å². The number of nitrogens with one attached hydrogen (secondary N) is 1. The minimum Gasteiger partial charge on any atom is -0.495 e. The molecular formula is C14H15NO3S. The molecule has 2 N–H and O–H groups in total. The van der Waals surface area contributed by atoms with Crippen molar-refractivity contribution in [2.24, 2.45) is 0 Å². The summed E-state index contributed by atoms with van der Waals surface area (Å²) in [6.45, 7) is 0.171. The van der Waals surface area contributed by atoms with Crippen LogP contribution in [0.1, 0.15) is 21.3 Å². The Balaban J connectivity index is 1.94. The Morgan fingerprint density at radius 2 is 2.11 bits per heavy atom. The molecule has 0 bridgehead atoms. The smallest absolute Gasteiger partial charge is 0.265 e. The summed E-state index contributed by atoms with van der Waals surface area (Å²) >= 11 is 1.31. The van der Waals surface area contributed by atoms with Crippen molar-refractivity contribution in [1.82, 2.24) is 5.32 Å². The maximum atomic E-state index is 11.9. The van der Waals surface area contributed by atoms with E-state index in [1.54, 1.807) is 11.4 Å². The van der Waals surface area contributed by atoms with E-state index in [0.29, 0.717) is 10.6 Å². The van der Waals surface area contributed by atoms with E-state index in [9.17, 15) is 9.90 Å². The van der Waals surface area contributed by atoms with Gasteiger partial charge in [0.15, 0.2) is 0 Å². The van der Waals surface area contributed by atoms with E-state index in [1.165, 1.54) is 18.4 Å². The van der Waals surface area contributed by atoms with Crippen LogP contribution in [0, 0.1) is 0 Å². The molecule has 1 atom stereocenters. The molecule has 1 aromatic carbocycles. The SMILES string of the molecule is COc1ccsc1C(=O)NCC(O)c1ccccc1. The molecule has 1 heterocycles. The van der Waals surface area contributed by atoms with Crippen molar-refractivity contribution in [2.75, 3.05) is 13.7 Å². The second-order valence-electron chi connectivity index (χ2n) is 3.95. The fourth-order valence-electron chi connectivity index (χ4n) is 1.69. The lowest BCUT2D eigenvalue weighted by Gasteiger charge is -2.12. The molecule has 100 valence electrons. The highest BCUT2D eigenvalue weighted by Gasteiger charge is 2.15. The molecule has 1 aromatic heterocycles. The summed E-state index contributed by atoms with van der Waals surface area (Å²) in [7, 11) is 1.53. The highest BCUT2D eigenvalue weighted by molar-refractivity contribution is 7.12. The first kappa shape index (κ1) is 13.6. The van der Waals surface area contributed by atoms with Gasteiger partial charge in [0.05, 0.1) is 13.2 Å². The monoisotopic (exact) mass is 277 g/mol. The number of carbonyl (C=O) groups is 1. The Hall–Kier alpha value is -1.85. The maximum absolute atomic E-state index is 11.9. The number of hydrogen-bond acceptors (Lipinski definition) is 4. The third kappa shape index (κ3) is 3.33. The lowest BCUT2D eigenvalue weighted by atomic mass is 10.1. The number of ether oxygens (including phenoxy) is 1. The van der Waals surface area contributed by atoms with Crippen molar-refractivity contribution < 1.29 is 14.6 Å². The molecule has 0 aliphatic rings. The summed E-state index contributed by atoms with van der Waals surface area (Å²) in [6.07, 6.45) is -0.712. The van der Waals surface area contributed by atoms with Crippen molar-refractivity contribution in [3.05, 3.63) is 52.2 Å². The molecule has 2 aromatic rings. The molecule has 0 spiro atoms. The molecule has 0 aliphatic heterocycles. The number of rotatable bonds is 5. The Labute approximate surface area is 115 Å². The van der Waals surface area contributed by atoms with Crippen LogP contribution in [0.5, 0.6) is 5.75 Å². The number of carbonyl (C=O) groups excluding carboxylic acids is 1.